The molecule has 8 nitrogen and oxygen atoms in total. The molecular formula is C30H34BrCl2N3O5S. The van der Waals surface area contributed by atoms with Crippen LogP contribution in [0.4, 0.5) is 5.69 Å². The highest BCUT2D eigenvalue weighted by Crippen LogP contribution is 2.29. The molecule has 226 valence electrons. The molecule has 0 saturated heterocycles. The number of benzene rings is 3. The Balaban J connectivity index is 2.08. The fraction of sp³-hybridized carbons (Fsp3) is 0.333. The number of hydrogen-bond donors (Lipinski definition) is 1. The molecule has 12 heteroatoms. The summed E-state index contributed by atoms with van der Waals surface area (Å²) in [6.45, 7) is 8.62. The van der Waals surface area contributed by atoms with Crippen LogP contribution in [0.15, 0.2) is 76.1 Å². The molecule has 42 heavy (non-hydrogen) atoms. The summed E-state index contributed by atoms with van der Waals surface area (Å²) >= 11 is 16.2. The zero-order valence-electron chi connectivity index (χ0n) is 24.0. The van der Waals surface area contributed by atoms with Gasteiger partial charge < -0.3 is 15.0 Å². The Morgan fingerprint density at radius 1 is 0.976 bits per heavy atom. The fourth-order valence-electron chi connectivity index (χ4n) is 4.05. The Bertz CT molecular complexity index is 1490. The van der Waals surface area contributed by atoms with Gasteiger partial charge in [-0.25, -0.2) is 8.42 Å². The predicted octanol–water partition coefficient (Wildman–Crippen LogP) is 6.68. The van der Waals surface area contributed by atoms with E-state index in [0.717, 1.165) is 4.31 Å². The van der Waals surface area contributed by atoms with E-state index in [9.17, 15) is 18.0 Å². The molecule has 0 aliphatic heterocycles. The number of halogens is 3. The van der Waals surface area contributed by atoms with Crippen LogP contribution in [0.2, 0.25) is 10.0 Å². The highest BCUT2D eigenvalue weighted by atomic mass is 79.9. The van der Waals surface area contributed by atoms with Crippen molar-refractivity contribution in [2.24, 2.45) is 0 Å². The Hall–Kier alpha value is -2.79. The maximum atomic E-state index is 14.1. The van der Waals surface area contributed by atoms with Gasteiger partial charge in [0.15, 0.2) is 0 Å². The van der Waals surface area contributed by atoms with E-state index in [1.165, 1.54) is 17.0 Å². The van der Waals surface area contributed by atoms with Crippen LogP contribution in [0.3, 0.4) is 0 Å². The summed E-state index contributed by atoms with van der Waals surface area (Å²) in [6, 6.07) is 16.5. The van der Waals surface area contributed by atoms with Gasteiger partial charge in [-0.3, -0.25) is 13.9 Å². The van der Waals surface area contributed by atoms with Crippen LogP contribution in [0.5, 0.6) is 5.75 Å². The molecule has 3 aromatic carbocycles. The van der Waals surface area contributed by atoms with Gasteiger partial charge in [-0.1, -0.05) is 45.2 Å². The average molecular weight is 699 g/mol. The number of carbonyl (C=O) groups is 2. The van der Waals surface area contributed by atoms with Crippen LogP contribution in [0.1, 0.15) is 40.2 Å². The summed E-state index contributed by atoms with van der Waals surface area (Å²) in [4.78, 5) is 28.6. The molecule has 1 N–H and O–H groups in total. The summed E-state index contributed by atoms with van der Waals surface area (Å²) in [5, 5.41) is 3.51. The Morgan fingerprint density at radius 2 is 1.55 bits per heavy atom. The van der Waals surface area contributed by atoms with Gasteiger partial charge in [0.05, 0.1) is 17.2 Å². The van der Waals surface area contributed by atoms with Crippen molar-refractivity contribution in [2.75, 3.05) is 17.5 Å². The van der Waals surface area contributed by atoms with Crippen molar-refractivity contribution in [2.45, 2.75) is 57.6 Å². The molecule has 0 unspecified atom stereocenters. The number of carbonyl (C=O) groups excluding carboxylic acids is 2. The summed E-state index contributed by atoms with van der Waals surface area (Å²) in [7, 11) is -4.22. The first-order valence-electron chi connectivity index (χ1n) is 13.2. The summed E-state index contributed by atoms with van der Waals surface area (Å²) in [6.07, 6.45) is 0. The van der Waals surface area contributed by atoms with Crippen LogP contribution in [0, 0.1) is 0 Å². The minimum absolute atomic E-state index is 0.00777. The van der Waals surface area contributed by atoms with Crippen molar-refractivity contribution in [1.82, 2.24) is 10.2 Å². The number of rotatable bonds is 11. The largest absolute Gasteiger partial charge is 0.494 e. The lowest BCUT2D eigenvalue weighted by Gasteiger charge is -2.33. The van der Waals surface area contributed by atoms with Gasteiger partial charge >= 0.3 is 0 Å². The lowest BCUT2D eigenvalue weighted by Crippen LogP contribution is -2.54. The van der Waals surface area contributed by atoms with Gasteiger partial charge in [-0.2, -0.15) is 0 Å². The van der Waals surface area contributed by atoms with E-state index in [4.69, 9.17) is 27.9 Å². The maximum Gasteiger partial charge on any atom is 0.264 e. The molecule has 2 amide bonds. The molecular weight excluding hydrogens is 665 g/mol. The molecule has 1 atom stereocenters. The standard InChI is InChI=1S/C30H34BrCl2N3O5S/c1-6-41-23-14-12-22(13-15-23)36(42(39,40)24-16-10-21(31)11-17-24)19-28(37)35(20(2)29(38)34-30(3,4)5)18-25-26(32)8-7-9-27(25)33/h7-17,20H,6,18-19H2,1-5H3,(H,34,38)/t20-/m0/s1. The van der Waals surface area contributed by atoms with Crippen molar-refractivity contribution in [1.29, 1.82) is 0 Å². The number of hydrogen-bond acceptors (Lipinski definition) is 5. The van der Waals surface area contributed by atoms with E-state index in [1.807, 2.05) is 27.7 Å². The van der Waals surface area contributed by atoms with Gasteiger partial charge in [-0.05, 0) is 95.3 Å². The molecule has 0 aromatic heterocycles. The molecule has 3 rings (SSSR count). The van der Waals surface area contributed by atoms with Crippen LogP contribution < -0.4 is 14.4 Å². The quantitative estimate of drug-likeness (QED) is 0.241. The van der Waals surface area contributed by atoms with Crippen LogP contribution >= 0.6 is 39.1 Å². The van der Waals surface area contributed by atoms with E-state index >= 15 is 0 Å². The SMILES string of the molecule is CCOc1ccc(N(CC(=O)N(Cc2c(Cl)cccc2Cl)[C@@H](C)C(=O)NC(C)(C)C)S(=O)(=O)c2ccc(Br)cc2)cc1. The third kappa shape index (κ3) is 8.63. The van der Waals surface area contributed by atoms with E-state index in [-0.39, 0.29) is 17.1 Å². The first-order chi connectivity index (χ1) is 19.6. The van der Waals surface area contributed by atoms with E-state index in [0.29, 0.717) is 32.4 Å². The molecule has 3 aromatic rings. The number of nitrogens with zero attached hydrogens (tertiary/aromatic N) is 2. The topological polar surface area (TPSA) is 96.0 Å². The first kappa shape index (κ1) is 33.7. The van der Waals surface area contributed by atoms with Crippen molar-refractivity contribution in [3.63, 3.8) is 0 Å². The van der Waals surface area contributed by atoms with Crippen LogP contribution in [-0.4, -0.2) is 49.9 Å². The highest BCUT2D eigenvalue weighted by molar-refractivity contribution is 9.10. The monoisotopic (exact) mass is 697 g/mol. The van der Waals surface area contributed by atoms with E-state index < -0.39 is 40.0 Å². The van der Waals surface area contributed by atoms with Gasteiger partial charge in [-0.15, -0.1) is 0 Å². The van der Waals surface area contributed by atoms with Gasteiger partial charge in [0.2, 0.25) is 11.8 Å². The first-order valence-corrected chi connectivity index (χ1v) is 16.2. The Morgan fingerprint density at radius 3 is 2.07 bits per heavy atom. The second kappa shape index (κ2) is 14.1. The van der Waals surface area contributed by atoms with Crippen LogP contribution in [0.25, 0.3) is 0 Å². The minimum Gasteiger partial charge on any atom is -0.494 e. The van der Waals surface area contributed by atoms with Crippen molar-refractivity contribution in [3.8, 4) is 5.75 Å². The maximum absolute atomic E-state index is 14.1. The van der Waals surface area contributed by atoms with Gasteiger partial charge in [0.25, 0.3) is 10.0 Å². The third-order valence-electron chi connectivity index (χ3n) is 6.17. The molecule has 0 saturated carbocycles. The summed E-state index contributed by atoms with van der Waals surface area (Å²) in [5.74, 6) is -0.490. The molecule has 0 spiro atoms. The summed E-state index contributed by atoms with van der Waals surface area (Å²) in [5.41, 5.74) is 0.117. The number of amides is 2. The number of anilines is 1. The molecule has 0 fully saturated rings. The molecule has 0 aliphatic rings. The number of ether oxygens (including phenoxy) is 1. The van der Waals surface area contributed by atoms with E-state index in [2.05, 4.69) is 21.2 Å². The van der Waals surface area contributed by atoms with Gasteiger partial charge in [0, 0.05) is 32.2 Å². The molecule has 0 aliphatic carbocycles. The third-order valence-corrected chi connectivity index (χ3v) is 9.20. The van der Waals surface area contributed by atoms with Crippen molar-refractivity contribution in [3.05, 3.63) is 86.8 Å². The fourth-order valence-corrected chi connectivity index (χ4v) is 6.24. The molecule has 0 radical (unpaired) electrons. The normalized spacial score (nSPS) is 12.4. The minimum atomic E-state index is -4.22. The lowest BCUT2D eigenvalue weighted by atomic mass is 10.1. The van der Waals surface area contributed by atoms with Crippen LogP contribution in [-0.2, 0) is 26.2 Å². The second-order valence-electron chi connectivity index (χ2n) is 10.5. The van der Waals surface area contributed by atoms with Crippen molar-refractivity contribution < 1.29 is 22.7 Å². The Kier molecular flexibility index (Phi) is 11.3. The molecule has 0 heterocycles. The average Bonchev–Trinajstić information content (AvgIpc) is 2.91. The zero-order valence-corrected chi connectivity index (χ0v) is 27.9. The Labute approximate surface area is 266 Å². The smallest absolute Gasteiger partial charge is 0.264 e. The van der Waals surface area contributed by atoms with E-state index in [1.54, 1.807) is 61.5 Å². The second-order valence-corrected chi connectivity index (χ2v) is 14.1. The number of sulfonamides is 1. The van der Waals surface area contributed by atoms with Crippen molar-refractivity contribution >= 4 is 66.7 Å². The summed E-state index contributed by atoms with van der Waals surface area (Å²) < 4.78 is 35.1. The lowest BCUT2D eigenvalue weighted by molar-refractivity contribution is -0.140. The van der Waals surface area contributed by atoms with Gasteiger partial charge in [0.1, 0.15) is 18.3 Å². The number of nitrogens with one attached hydrogen (secondary N) is 1. The zero-order chi connectivity index (χ0) is 31.2. The molecule has 0 bridgehead atoms. The highest BCUT2D eigenvalue weighted by Gasteiger charge is 2.34. The predicted molar refractivity (Wildman–Crippen MR) is 171 cm³/mol.